The number of hydrogen-bond acceptors (Lipinski definition) is 3. The molecule has 3 aromatic carbocycles. The van der Waals surface area contributed by atoms with Gasteiger partial charge in [-0.1, -0.05) is 42.5 Å². The Balaban J connectivity index is 1.54. The summed E-state index contributed by atoms with van der Waals surface area (Å²) in [5.74, 6) is 0.129. The molecule has 3 rings (SSSR count). The van der Waals surface area contributed by atoms with E-state index in [9.17, 15) is 9.59 Å². The summed E-state index contributed by atoms with van der Waals surface area (Å²) in [6.07, 6.45) is 0. The standard InChI is InChI=1S/C22H20N2O3/c23-21(25)19-6-4-5-17(13-19)14-24-22(26)18-11-9-16(10-12-18)15-27-20-7-2-1-3-8-20/h1-13H,14-15H2,(H2,23,25)(H,24,26). The van der Waals surface area contributed by atoms with Crippen molar-refractivity contribution in [2.24, 2.45) is 5.73 Å². The minimum atomic E-state index is -0.489. The molecule has 0 bridgehead atoms. The van der Waals surface area contributed by atoms with Crippen molar-refractivity contribution in [2.75, 3.05) is 0 Å². The maximum Gasteiger partial charge on any atom is 0.251 e. The molecule has 0 aromatic heterocycles. The predicted octanol–water partition coefficient (Wildman–Crippen LogP) is 3.29. The van der Waals surface area contributed by atoms with Crippen molar-refractivity contribution >= 4 is 11.8 Å². The van der Waals surface area contributed by atoms with Gasteiger partial charge >= 0.3 is 0 Å². The highest BCUT2D eigenvalue weighted by molar-refractivity contribution is 5.94. The van der Waals surface area contributed by atoms with Gasteiger partial charge < -0.3 is 15.8 Å². The van der Waals surface area contributed by atoms with Crippen LogP contribution < -0.4 is 15.8 Å². The first kappa shape index (κ1) is 18.2. The largest absolute Gasteiger partial charge is 0.489 e. The van der Waals surface area contributed by atoms with E-state index in [1.54, 1.807) is 30.3 Å². The fourth-order valence-corrected chi connectivity index (χ4v) is 2.55. The quantitative estimate of drug-likeness (QED) is 0.678. The summed E-state index contributed by atoms with van der Waals surface area (Å²) >= 11 is 0. The lowest BCUT2D eigenvalue weighted by molar-refractivity contribution is 0.0950. The van der Waals surface area contributed by atoms with E-state index in [4.69, 9.17) is 10.5 Å². The fourth-order valence-electron chi connectivity index (χ4n) is 2.55. The van der Waals surface area contributed by atoms with E-state index in [0.29, 0.717) is 24.3 Å². The van der Waals surface area contributed by atoms with Crippen molar-refractivity contribution in [1.29, 1.82) is 0 Å². The molecule has 2 amide bonds. The number of amides is 2. The molecule has 0 aliphatic carbocycles. The number of carbonyl (C=O) groups is 2. The van der Waals surface area contributed by atoms with E-state index >= 15 is 0 Å². The maximum absolute atomic E-state index is 12.3. The lowest BCUT2D eigenvalue weighted by atomic mass is 10.1. The van der Waals surface area contributed by atoms with Crippen LogP contribution >= 0.6 is 0 Å². The van der Waals surface area contributed by atoms with Crippen LogP contribution in [0.2, 0.25) is 0 Å². The second-order valence-electron chi connectivity index (χ2n) is 6.05. The summed E-state index contributed by atoms with van der Waals surface area (Å²) in [6.45, 7) is 0.755. The first-order chi connectivity index (χ1) is 13.1. The first-order valence-electron chi connectivity index (χ1n) is 8.55. The lowest BCUT2D eigenvalue weighted by Gasteiger charge is -2.08. The van der Waals surface area contributed by atoms with Gasteiger partial charge in [0.1, 0.15) is 12.4 Å². The average molecular weight is 360 g/mol. The van der Waals surface area contributed by atoms with E-state index in [2.05, 4.69) is 5.32 Å². The van der Waals surface area contributed by atoms with Gasteiger partial charge in [0.15, 0.2) is 0 Å². The topological polar surface area (TPSA) is 81.4 Å². The molecule has 0 radical (unpaired) electrons. The Bertz CT molecular complexity index is 922. The van der Waals surface area contributed by atoms with Crippen LogP contribution in [0.5, 0.6) is 5.75 Å². The molecule has 136 valence electrons. The third-order valence-electron chi connectivity index (χ3n) is 4.03. The van der Waals surface area contributed by atoms with E-state index in [-0.39, 0.29) is 5.91 Å². The summed E-state index contributed by atoms with van der Waals surface area (Å²) in [5.41, 5.74) is 8.04. The Hall–Kier alpha value is -3.60. The second kappa shape index (κ2) is 8.67. The van der Waals surface area contributed by atoms with Gasteiger partial charge in [-0.3, -0.25) is 9.59 Å². The van der Waals surface area contributed by atoms with Crippen LogP contribution in [0.3, 0.4) is 0 Å². The third-order valence-corrected chi connectivity index (χ3v) is 4.03. The molecule has 27 heavy (non-hydrogen) atoms. The van der Waals surface area contributed by atoms with Crippen LogP contribution in [-0.2, 0) is 13.2 Å². The number of nitrogens with one attached hydrogen (secondary N) is 1. The van der Waals surface area contributed by atoms with Gasteiger partial charge in [-0.05, 0) is 47.5 Å². The number of carbonyl (C=O) groups excluding carboxylic acids is 2. The summed E-state index contributed by atoms with van der Waals surface area (Å²) < 4.78 is 5.69. The van der Waals surface area contributed by atoms with Crippen molar-refractivity contribution in [2.45, 2.75) is 13.2 Å². The maximum atomic E-state index is 12.3. The van der Waals surface area contributed by atoms with Crippen LogP contribution in [0.1, 0.15) is 31.8 Å². The van der Waals surface area contributed by atoms with Crippen molar-refractivity contribution in [3.63, 3.8) is 0 Å². The smallest absolute Gasteiger partial charge is 0.251 e. The predicted molar refractivity (Wildman–Crippen MR) is 103 cm³/mol. The molecule has 3 N–H and O–H groups in total. The number of para-hydroxylation sites is 1. The van der Waals surface area contributed by atoms with Crippen molar-refractivity contribution in [3.8, 4) is 5.75 Å². The number of hydrogen-bond donors (Lipinski definition) is 2. The lowest BCUT2D eigenvalue weighted by Crippen LogP contribution is -2.23. The number of ether oxygens (including phenoxy) is 1. The van der Waals surface area contributed by atoms with Gasteiger partial charge in [-0.2, -0.15) is 0 Å². The molecule has 0 atom stereocenters. The summed E-state index contributed by atoms with van der Waals surface area (Å²) in [5, 5.41) is 2.84. The Morgan fingerprint density at radius 2 is 1.56 bits per heavy atom. The van der Waals surface area contributed by atoms with E-state index in [1.165, 1.54) is 0 Å². The molecule has 0 aliphatic heterocycles. The third kappa shape index (κ3) is 5.19. The fraction of sp³-hybridized carbons (Fsp3) is 0.0909. The molecule has 0 unspecified atom stereocenters. The van der Waals surface area contributed by atoms with E-state index in [0.717, 1.165) is 16.9 Å². The Labute approximate surface area is 157 Å². The zero-order valence-corrected chi connectivity index (χ0v) is 14.7. The number of benzene rings is 3. The van der Waals surface area contributed by atoms with Gasteiger partial charge in [-0.15, -0.1) is 0 Å². The minimum absolute atomic E-state index is 0.185. The molecule has 5 nitrogen and oxygen atoms in total. The highest BCUT2D eigenvalue weighted by Gasteiger charge is 2.07. The van der Waals surface area contributed by atoms with Crippen molar-refractivity contribution in [3.05, 3.63) is 101 Å². The Kier molecular flexibility index (Phi) is 5.84. The zero-order valence-electron chi connectivity index (χ0n) is 14.7. The van der Waals surface area contributed by atoms with Crippen molar-refractivity contribution < 1.29 is 14.3 Å². The second-order valence-corrected chi connectivity index (χ2v) is 6.05. The molecular formula is C22H20N2O3. The normalized spacial score (nSPS) is 10.2. The molecule has 3 aromatic rings. The Morgan fingerprint density at radius 1 is 0.815 bits per heavy atom. The van der Waals surface area contributed by atoms with Crippen molar-refractivity contribution in [1.82, 2.24) is 5.32 Å². The summed E-state index contributed by atoms with van der Waals surface area (Å²) in [6, 6.07) is 23.7. The highest BCUT2D eigenvalue weighted by Crippen LogP contribution is 2.12. The first-order valence-corrected chi connectivity index (χ1v) is 8.55. The number of nitrogens with two attached hydrogens (primary N) is 1. The monoisotopic (exact) mass is 360 g/mol. The summed E-state index contributed by atoms with van der Waals surface area (Å²) in [7, 11) is 0. The zero-order chi connectivity index (χ0) is 19.1. The van der Waals surface area contributed by atoms with E-state index < -0.39 is 5.91 Å². The molecule has 0 heterocycles. The van der Waals surface area contributed by atoms with Gasteiger partial charge in [0, 0.05) is 17.7 Å². The Morgan fingerprint density at radius 3 is 2.26 bits per heavy atom. The molecule has 0 spiro atoms. The molecular weight excluding hydrogens is 340 g/mol. The number of primary amides is 1. The van der Waals surface area contributed by atoms with Crippen LogP contribution in [0.25, 0.3) is 0 Å². The van der Waals surface area contributed by atoms with Crippen LogP contribution in [0.4, 0.5) is 0 Å². The van der Waals surface area contributed by atoms with Crippen LogP contribution in [0, 0.1) is 0 Å². The van der Waals surface area contributed by atoms with E-state index in [1.807, 2.05) is 48.5 Å². The summed E-state index contributed by atoms with van der Waals surface area (Å²) in [4.78, 5) is 23.5. The van der Waals surface area contributed by atoms with Gasteiger partial charge in [0.25, 0.3) is 5.91 Å². The van der Waals surface area contributed by atoms with Gasteiger partial charge in [-0.25, -0.2) is 0 Å². The molecule has 5 heteroatoms. The van der Waals surface area contributed by atoms with Crippen LogP contribution in [-0.4, -0.2) is 11.8 Å². The van der Waals surface area contributed by atoms with Gasteiger partial charge in [0.2, 0.25) is 5.91 Å². The highest BCUT2D eigenvalue weighted by atomic mass is 16.5. The molecule has 0 aliphatic rings. The van der Waals surface area contributed by atoms with Gasteiger partial charge in [0.05, 0.1) is 0 Å². The molecule has 0 fully saturated rings. The van der Waals surface area contributed by atoms with Crippen LogP contribution in [0.15, 0.2) is 78.9 Å². The minimum Gasteiger partial charge on any atom is -0.489 e. The molecule has 0 saturated carbocycles. The average Bonchev–Trinajstić information content (AvgIpc) is 2.72. The molecule has 0 saturated heterocycles. The number of rotatable bonds is 7. The SMILES string of the molecule is NC(=O)c1cccc(CNC(=O)c2ccc(COc3ccccc3)cc2)c1.